The van der Waals surface area contributed by atoms with Gasteiger partial charge >= 0.3 is 6.18 Å². The Morgan fingerprint density at radius 2 is 1.73 bits per heavy atom. The quantitative estimate of drug-likeness (QED) is 0.200. The first-order chi connectivity index (χ1) is 19.5. The van der Waals surface area contributed by atoms with Crippen LogP contribution in [0.1, 0.15) is 54.4 Å². The zero-order valence-corrected chi connectivity index (χ0v) is 24.3. The molecule has 0 aliphatic carbocycles. The molecule has 0 bridgehead atoms. The second-order valence-corrected chi connectivity index (χ2v) is 10.5. The predicted octanol–water partition coefficient (Wildman–Crippen LogP) is 6.88. The Balaban J connectivity index is 1.92. The number of likely N-dealkylation sites (N-methyl/N-ethyl adjacent to an activating group) is 1. The number of imidazole rings is 1. The highest BCUT2D eigenvalue weighted by Gasteiger charge is 2.40. The van der Waals surface area contributed by atoms with Crippen molar-refractivity contribution in [2.45, 2.75) is 38.3 Å². The third kappa shape index (κ3) is 6.82. The fourth-order valence-corrected chi connectivity index (χ4v) is 4.88. The molecular formula is C31H37F3N4O3. The number of rotatable bonds is 12. The number of H-pyrrole nitrogens is 1. The molecule has 0 fully saturated rings. The van der Waals surface area contributed by atoms with Gasteiger partial charge in [0, 0.05) is 43.5 Å². The number of benzene rings is 2. The van der Waals surface area contributed by atoms with Crippen LogP contribution in [-0.2, 0) is 10.9 Å². The number of fused-ring (bicyclic) bond motifs is 1. The van der Waals surface area contributed by atoms with E-state index < -0.39 is 17.7 Å². The van der Waals surface area contributed by atoms with Gasteiger partial charge in [0.1, 0.15) is 29.2 Å². The van der Waals surface area contributed by atoms with Crippen molar-refractivity contribution in [3.05, 3.63) is 70.9 Å². The molecule has 4 aromatic rings. The van der Waals surface area contributed by atoms with E-state index in [1.807, 2.05) is 43.3 Å². The number of hydrogen-bond donors (Lipinski definition) is 1. The first-order valence-corrected chi connectivity index (χ1v) is 13.5. The SMILES string of the molecule is COCCC(c1cccnc1OCCN(C)C)c1cc(OC)c2[nH]c(-c3ccc(C(C)C)cc3)nc2c1C(F)(F)F. The van der Waals surface area contributed by atoms with Gasteiger partial charge < -0.3 is 24.1 Å². The standard InChI is InChI=1S/C31H37F3N4O3/c1-19(2)20-9-11-21(12-10-20)29-36-27-25(40-6)18-24(26(28(27)37-29)31(32,33)34)22(13-16-39-5)23-8-7-14-35-30(23)41-17-15-38(3)4/h7-12,14,18-19,22H,13,15-17H2,1-6H3,(H,36,37). The number of nitrogens with one attached hydrogen (secondary N) is 1. The fraction of sp³-hybridized carbons (Fsp3) is 0.419. The van der Waals surface area contributed by atoms with Crippen molar-refractivity contribution < 1.29 is 27.4 Å². The molecule has 41 heavy (non-hydrogen) atoms. The highest BCUT2D eigenvalue weighted by molar-refractivity contribution is 5.89. The molecule has 220 valence electrons. The molecule has 4 rings (SSSR count). The van der Waals surface area contributed by atoms with Crippen molar-refractivity contribution in [2.75, 3.05) is 48.1 Å². The fourth-order valence-electron chi connectivity index (χ4n) is 4.88. The summed E-state index contributed by atoms with van der Waals surface area (Å²) < 4.78 is 61.8. The van der Waals surface area contributed by atoms with Crippen molar-refractivity contribution in [1.29, 1.82) is 0 Å². The summed E-state index contributed by atoms with van der Waals surface area (Å²) in [5.41, 5.74) is 1.54. The molecule has 0 aliphatic heterocycles. The molecule has 0 aliphatic rings. The molecule has 0 radical (unpaired) electrons. The molecule has 10 heteroatoms. The number of pyridine rings is 1. The zero-order chi connectivity index (χ0) is 29.7. The molecule has 1 N–H and O–H groups in total. The summed E-state index contributed by atoms with van der Waals surface area (Å²) in [5.74, 6) is 0.460. The van der Waals surface area contributed by atoms with E-state index in [4.69, 9.17) is 14.2 Å². The lowest BCUT2D eigenvalue weighted by molar-refractivity contribution is -0.137. The number of ether oxygens (including phenoxy) is 3. The van der Waals surface area contributed by atoms with E-state index in [0.717, 1.165) is 5.56 Å². The average Bonchev–Trinajstić information content (AvgIpc) is 3.37. The van der Waals surface area contributed by atoms with E-state index in [1.165, 1.54) is 20.3 Å². The van der Waals surface area contributed by atoms with Crippen LogP contribution in [-0.4, -0.2) is 67.9 Å². The predicted molar refractivity (Wildman–Crippen MR) is 154 cm³/mol. The molecule has 2 aromatic heterocycles. The number of methoxy groups -OCH3 is 2. The third-order valence-corrected chi connectivity index (χ3v) is 7.06. The van der Waals surface area contributed by atoms with Gasteiger partial charge in [-0.1, -0.05) is 44.2 Å². The summed E-state index contributed by atoms with van der Waals surface area (Å²) in [4.78, 5) is 13.9. The van der Waals surface area contributed by atoms with Gasteiger partial charge in [0.15, 0.2) is 0 Å². The van der Waals surface area contributed by atoms with Gasteiger partial charge in [-0.3, -0.25) is 0 Å². The van der Waals surface area contributed by atoms with Gasteiger partial charge in [-0.2, -0.15) is 13.2 Å². The van der Waals surface area contributed by atoms with Crippen molar-refractivity contribution in [3.63, 3.8) is 0 Å². The molecule has 1 atom stereocenters. The lowest BCUT2D eigenvalue weighted by atomic mass is 9.85. The van der Waals surface area contributed by atoms with E-state index in [1.54, 1.807) is 18.3 Å². The van der Waals surface area contributed by atoms with Crippen LogP contribution in [0.25, 0.3) is 22.4 Å². The Bertz CT molecular complexity index is 1450. The summed E-state index contributed by atoms with van der Waals surface area (Å²) in [5, 5.41) is 0. The molecule has 0 amide bonds. The van der Waals surface area contributed by atoms with Crippen LogP contribution in [0.4, 0.5) is 13.2 Å². The maximum atomic E-state index is 15.0. The first-order valence-electron chi connectivity index (χ1n) is 13.5. The van der Waals surface area contributed by atoms with Crippen LogP contribution in [0, 0.1) is 0 Å². The number of nitrogens with zero attached hydrogens (tertiary/aromatic N) is 3. The van der Waals surface area contributed by atoms with Crippen LogP contribution in [0.2, 0.25) is 0 Å². The topological polar surface area (TPSA) is 72.5 Å². The second kappa shape index (κ2) is 12.9. The maximum absolute atomic E-state index is 15.0. The Morgan fingerprint density at radius 1 is 1.00 bits per heavy atom. The summed E-state index contributed by atoms with van der Waals surface area (Å²) in [7, 11) is 6.79. The lowest BCUT2D eigenvalue weighted by Crippen LogP contribution is -2.21. The van der Waals surface area contributed by atoms with E-state index >= 15 is 0 Å². The average molecular weight is 571 g/mol. The summed E-state index contributed by atoms with van der Waals surface area (Å²) >= 11 is 0. The number of alkyl halides is 3. The highest BCUT2D eigenvalue weighted by Crippen LogP contribution is 2.46. The monoisotopic (exact) mass is 570 g/mol. The number of halogens is 3. The van der Waals surface area contributed by atoms with E-state index in [-0.39, 0.29) is 41.3 Å². The number of aromatic amines is 1. The van der Waals surface area contributed by atoms with Crippen LogP contribution in [0.15, 0.2) is 48.7 Å². The van der Waals surface area contributed by atoms with E-state index in [2.05, 4.69) is 28.8 Å². The molecule has 0 saturated carbocycles. The maximum Gasteiger partial charge on any atom is 0.418 e. The van der Waals surface area contributed by atoms with Crippen molar-refractivity contribution in [1.82, 2.24) is 19.9 Å². The largest absolute Gasteiger partial charge is 0.494 e. The minimum Gasteiger partial charge on any atom is -0.494 e. The van der Waals surface area contributed by atoms with Gasteiger partial charge in [0.25, 0.3) is 0 Å². The van der Waals surface area contributed by atoms with Gasteiger partial charge in [-0.05, 0) is 49.7 Å². The summed E-state index contributed by atoms with van der Waals surface area (Å²) in [6.45, 7) is 5.35. The molecule has 2 aromatic carbocycles. The summed E-state index contributed by atoms with van der Waals surface area (Å²) in [6.07, 6.45) is -2.87. The Morgan fingerprint density at radius 3 is 2.34 bits per heavy atom. The highest BCUT2D eigenvalue weighted by atomic mass is 19.4. The van der Waals surface area contributed by atoms with Gasteiger partial charge in [-0.15, -0.1) is 0 Å². The van der Waals surface area contributed by atoms with E-state index in [0.29, 0.717) is 36.0 Å². The molecule has 2 heterocycles. The Kier molecular flexibility index (Phi) is 9.55. The minimum atomic E-state index is -4.70. The minimum absolute atomic E-state index is 0.0255. The van der Waals surface area contributed by atoms with Gasteiger partial charge in [-0.25, -0.2) is 9.97 Å². The van der Waals surface area contributed by atoms with Crippen molar-refractivity contribution in [2.24, 2.45) is 0 Å². The second-order valence-electron chi connectivity index (χ2n) is 10.5. The van der Waals surface area contributed by atoms with Gasteiger partial charge in [0.2, 0.25) is 5.88 Å². The zero-order valence-electron chi connectivity index (χ0n) is 24.3. The lowest BCUT2D eigenvalue weighted by Gasteiger charge is -2.25. The molecule has 0 spiro atoms. The van der Waals surface area contributed by atoms with Crippen molar-refractivity contribution >= 4 is 11.0 Å². The normalized spacial score (nSPS) is 12.9. The van der Waals surface area contributed by atoms with Crippen LogP contribution < -0.4 is 9.47 Å². The van der Waals surface area contributed by atoms with E-state index in [9.17, 15) is 13.2 Å². The third-order valence-electron chi connectivity index (χ3n) is 7.06. The van der Waals surface area contributed by atoms with Crippen LogP contribution >= 0.6 is 0 Å². The van der Waals surface area contributed by atoms with Crippen molar-refractivity contribution in [3.8, 4) is 23.0 Å². The first kappa shape index (κ1) is 30.3. The Labute approximate surface area is 238 Å². The number of aromatic nitrogens is 3. The smallest absolute Gasteiger partial charge is 0.418 e. The molecule has 1 unspecified atom stereocenters. The van der Waals surface area contributed by atoms with Gasteiger partial charge in [0.05, 0.1) is 12.7 Å². The summed E-state index contributed by atoms with van der Waals surface area (Å²) in [6, 6.07) is 12.5. The Hall–Kier alpha value is -3.63. The van der Waals surface area contributed by atoms with Crippen LogP contribution in [0.5, 0.6) is 11.6 Å². The number of hydrogen-bond acceptors (Lipinski definition) is 6. The molecule has 0 saturated heterocycles. The molecule has 7 nitrogen and oxygen atoms in total. The van der Waals surface area contributed by atoms with Crippen LogP contribution in [0.3, 0.4) is 0 Å². The molecular weight excluding hydrogens is 533 g/mol.